The number of hydrogen-bond donors (Lipinski definition) is 1. The fourth-order valence-corrected chi connectivity index (χ4v) is 4.14. The zero-order chi connectivity index (χ0) is 21.1. The van der Waals surface area contributed by atoms with Crippen molar-refractivity contribution in [3.05, 3.63) is 57.5 Å². The minimum atomic E-state index is -4.34. The quantitative estimate of drug-likeness (QED) is 0.821. The van der Waals surface area contributed by atoms with E-state index in [1.165, 1.54) is 12.1 Å². The number of nitrogens with one attached hydrogen (secondary N) is 1. The summed E-state index contributed by atoms with van der Waals surface area (Å²) in [7, 11) is 0. The molecule has 1 atom stereocenters. The second-order valence-corrected chi connectivity index (χ2v) is 7.87. The summed E-state index contributed by atoms with van der Waals surface area (Å²) in [6, 6.07) is 7.02. The van der Waals surface area contributed by atoms with Crippen molar-refractivity contribution in [1.82, 2.24) is 14.9 Å². The van der Waals surface area contributed by atoms with E-state index in [-0.39, 0.29) is 11.5 Å². The molecule has 0 bridgehead atoms. The average Bonchev–Trinajstić information content (AvgIpc) is 2.74. The van der Waals surface area contributed by atoms with Gasteiger partial charge in [0.25, 0.3) is 5.56 Å². The molecule has 2 aromatic rings. The highest BCUT2D eigenvalue weighted by Crippen LogP contribution is 2.31. The molecule has 162 valence electrons. The normalized spacial score (nSPS) is 21.0. The van der Waals surface area contributed by atoms with E-state index in [1.54, 1.807) is 12.1 Å². The van der Waals surface area contributed by atoms with E-state index in [4.69, 9.17) is 9.72 Å². The maximum atomic E-state index is 13.0. The monoisotopic (exact) mass is 422 g/mol. The summed E-state index contributed by atoms with van der Waals surface area (Å²) in [6.07, 6.45) is -2.53. The molecule has 2 fully saturated rings. The minimum absolute atomic E-state index is 0.0756. The van der Waals surface area contributed by atoms with Gasteiger partial charge in [-0.25, -0.2) is 4.98 Å². The van der Waals surface area contributed by atoms with Gasteiger partial charge in [-0.3, -0.25) is 14.7 Å². The third kappa shape index (κ3) is 5.02. The number of ether oxygens (including phenoxy) is 1. The Kier molecular flexibility index (Phi) is 6.10. The van der Waals surface area contributed by atoms with Gasteiger partial charge in [0.1, 0.15) is 0 Å². The van der Waals surface area contributed by atoms with Crippen LogP contribution in [0.15, 0.2) is 35.1 Å². The summed E-state index contributed by atoms with van der Waals surface area (Å²) >= 11 is 0. The summed E-state index contributed by atoms with van der Waals surface area (Å²) in [5.74, 6) is 0.641. The van der Waals surface area contributed by atoms with Gasteiger partial charge < -0.3 is 9.64 Å². The van der Waals surface area contributed by atoms with Gasteiger partial charge in [0.2, 0.25) is 5.95 Å². The van der Waals surface area contributed by atoms with Crippen LogP contribution in [0.5, 0.6) is 0 Å². The second-order valence-electron chi connectivity index (χ2n) is 7.87. The number of alkyl halides is 3. The summed E-state index contributed by atoms with van der Waals surface area (Å²) in [5.41, 5.74) is 0.573. The first-order chi connectivity index (χ1) is 14.4. The number of benzene rings is 1. The van der Waals surface area contributed by atoms with E-state index in [1.807, 2.05) is 4.90 Å². The molecule has 1 N–H and O–H groups in total. The Morgan fingerprint density at radius 3 is 2.73 bits per heavy atom. The molecular weight excluding hydrogens is 397 g/mol. The van der Waals surface area contributed by atoms with Gasteiger partial charge in [-0.1, -0.05) is 18.2 Å². The van der Waals surface area contributed by atoms with Gasteiger partial charge >= 0.3 is 6.18 Å². The fourth-order valence-electron chi connectivity index (χ4n) is 4.14. The Balaban J connectivity index is 1.48. The standard InChI is InChI=1S/C21H25F3N4O2/c22-21(23,24)17-5-1-3-15(11-17)13-27-6-2-4-16(14-27)18-12-19(29)26-20(25-18)28-7-9-30-10-8-28/h1,3,5,11-12,16H,2,4,6-10,13-14H2,(H,25,26,29). The van der Waals surface area contributed by atoms with Crippen LogP contribution in [0.25, 0.3) is 0 Å². The fraction of sp³-hybridized carbons (Fsp3) is 0.524. The first kappa shape index (κ1) is 20.9. The maximum absolute atomic E-state index is 13.0. The van der Waals surface area contributed by atoms with Gasteiger partial charge in [-0.05, 0) is 31.0 Å². The van der Waals surface area contributed by atoms with Gasteiger partial charge in [0.15, 0.2) is 0 Å². The molecule has 1 aromatic carbocycles. The molecule has 1 aromatic heterocycles. The molecule has 0 radical (unpaired) electrons. The minimum Gasteiger partial charge on any atom is -0.378 e. The predicted octanol–water partition coefficient (Wildman–Crippen LogP) is 3.00. The maximum Gasteiger partial charge on any atom is 0.416 e. The number of anilines is 1. The third-order valence-electron chi connectivity index (χ3n) is 5.64. The number of piperidine rings is 1. The first-order valence-electron chi connectivity index (χ1n) is 10.2. The number of morpholine rings is 1. The van der Waals surface area contributed by atoms with Crippen molar-refractivity contribution in [2.24, 2.45) is 0 Å². The van der Waals surface area contributed by atoms with Crippen molar-refractivity contribution in [3.63, 3.8) is 0 Å². The van der Waals surface area contributed by atoms with Crippen LogP contribution in [0.1, 0.15) is 35.6 Å². The average molecular weight is 422 g/mol. The molecule has 30 heavy (non-hydrogen) atoms. The number of hydrogen-bond acceptors (Lipinski definition) is 5. The second kappa shape index (κ2) is 8.77. The van der Waals surface area contributed by atoms with Crippen molar-refractivity contribution < 1.29 is 17.9 Å². The molecule has 2 saturated heterocycles. The molecule has 0 aliphatic carbocycles. The van der Waals surface area contributed by atoms with E-state index in [0.29, 0.717) is 50.9 Å². The number of likely N-dealkylation sites (tertiary alicyclic amines) is 1. The Morgan fingerprint density at radius 2 is 1.97 bits per heavy atom. The highest BCUT2D eigenvalue weighted by molar-refractivity contribution is 5.32. The van der Waals surface area contributed by atoms with E-state index >= 15 is 0 Å². The van der Waals surface area contributed by atoms with E-state index in [0.717, 1.165) is 31.1 Å². The van der Waals surface area contributed by atoms with E-state index in [2.05, 4.69) is 9.88 Å². The summed E-state index contributed by atoms with van der Waals surface area (Å²) in [6.45, 7) is 4.48. The Bertz CT molecular complexity index is 925. The van der Waals surface area contributed by atoms with Crippen molar-refractivity contribution in [2.45, 2.75) is 31.5 Å². The summed E-state index contributed by atoms with van der Waals surface area (Å²) in [4.78, 5) is 23.9. The van der Waals surface area contributed by atoms with E-state index in [9.17, 15) is 18.0 Å². The number of H-pyrrole nitrogens is 1. The molecule has 0 amide bonds. The summed E-state index contributed by atoms with van der Waals surface area (Å²) in [5, 5.41) is 0. The van der Waals surface area contributed by atoms with Crippen LogP contribution in [0, 0.1) is 0 Å². The van der Waals surface area contributed by atoms with Crippen molar-refractivity contribution >= 4 is 5.95 Å². The number of nitrogens with zero attached hydrogens (tertiary/aromatic N) is 3. The van der Waals surface area contributed by atoms with Crippen LogP contribution in [-0.2, 0) is 17.5 Å². The lowest BCUT2D eigenvalue weighted by Gasteiger charge is -2.33. The molecule has 1 unspecified atom stereocenters. The number of aromatic nitrogens is 2. The SMILES string of the molecule is O=c1cc(C2CCCN(Cc3cccc(C(F)(F)F)c3)C2)nc(N2CCOCC2)[nH]1. The topological polar surface area (TPSA) is 61.5 Å². The van der Waals surface area contributed by atoms with Gasteiger partial charge in [-0.2, -0.15) is 13.2 Å². The van der Waals surface area contributed by atoms with Crippen LogP contribution in [0.3, 0.4) is 0 Å². The largest absolute Gasteiger partial charge is 0.416 e. The highest BCUT2D eigenvalue weighted by atomic mass is 19.4. The highest BCUT2D eigenvalue weighted by Gasteiger charge is 2.31. The number of rotatable bonds is 4. The lowest BCUT2D eigenvalue weighted by molar-refractivity contribution is -0.137. The zero-order valence-electron chi connectivity index (χ0n) is 16.6. The molecule has 0 spiro atoms. The van der Waals surface area contributed by atoms with Crippen LogP contribution < -0.4 is 10.5 Å². The van der Waals surface area contributed by atoms with Crippen molar-refractivity contribution in [1.29, 1.82) is 0 Å². The van der Waals surface area contributed by atoms with Crippen molar-refractivity contribution in [2.75, 3.05) is 44.3 Å². The smallest absolute Gasteiger partial charge is 0.378 e. The Labute approximate surface area is 172 Å². The lowest BCUT2D eigenvalue weighted by atomic mass is 9.94. The van der Waals surface area contributed by atoms with Gasteiger partial charge in [0, 0.05) is 38.2 Å². The third-order valence-corrected chi connectivity index (χ3v) is 5.64. The molecule has 9 heteroatoms. The molecule has 0 saturated carbocycles. The zero-order valence-corrected chi connectivity index (χ0v) is 16.6. The first-order valence-corrected chi connectivity index (χ1v) is 10.2. The molecule has 3 heterocycles. The molecule has 6 nitrogen and oxygen atoms in total. The predicted molar refractivity (Wildman–Crippen MR) is 107 cm³/mol. The molecule has 2 aliphatic heterocycles. The van der Waals surface area contributed by atoms with Gasteiger partial charge in [-0.15, -0.1) is 0 Å². The van der Waals surface area contributed by atoms with Crippen molar-refractivity contribution in [3.8, 4) is 0 Å². The molecular formula is C21H25F3N4O2. The Morgan fingerprint density at radius 1 is 1.17 bits per heavy atom. The molecule has 2 aliphatic rings. The number of aromatic amines is 1. The lowest BCUT2D eigenvalue weighted by Crippen LogP contribution is -2.39. The summed E-state index contributed by atoms with van der Waals surface area (Å²) < 4.78 is 44.3. The van der Waals surface area contributed by atoms with Crippen LogP contribution in [0.2, 0.25) is 0 Å². The Hall–Kier alpha value is -2.39. The molecule has 4 rings (SSSR count). The van der Waals surface area contributed by atoms with Crippen LogP contribution in [-0.4, -0.2) is 54.3 Å². The van der Waals surface area contributed by atoms with Gasteiger partial charge in [0.05, 0.1) is 24.5 Å². The number of halogens is 3. The van der Waals surface area contributed by atoms with E-state index < -0.39 is 11.7 Å². The van der Waals surface area contributed by atoms with Crippen LogP contribution in [0.4, 0.5) is 19.1 Å². The van der Waals surface area contributed by atoms with Crippen LogP contribution >= 0.6 is 0 Å².